The summed E-state index contributed by atoms with van der Waals surface area (Å²) < 4.78 is 5.08. The minimum absolute atomic E-state index is 0.176. The summed E-state index contributed by atoms with van der Waals surface area (Å²) in [6.45, 7) is 17.9. The Balaban J connectivity index is 2.05. The van der Waals surface area contributed by atoms with E-state index >= 15 is 0 Å². The Bertz CT molecular complexity index is 1200. The van der Waals surface area contributed by atoms with Gasteiger partial charge in [-0.2, -0.15) is 0 Å². The molecule has 1 unspecified atom stereocenters. The van der Waals surface area contributed by atoms with Gasteiger partial charge in [-0.25, -0.2) is 0 Å². The summed E-state index contributed by atoms with van der Waals surface area (Å²) in [4.78, 5) is 0. The second-order valence-electron chi connectivity index (χ2n) is 9.17. The lowest BCUT2D eigenvalue weighted by molar-refractivity contribution is -0.688. The first-order chi connectivity index (χ1) is 14.7. The van der Waals surface area contributed by atoms with Gasteiger partial charge in [-0.05, 0) is 77.9 Å². The summed E-state index contributed by atoms with van der Waals surface area (Å²) in [7, 11) is 0. The van der Waals surface area contributed by atoms with Crippen LogP contribution in [0.1, 0.15) is 52.8 Å². The molecule has 1 heterocycles. The molecule has 4 rings (SSSR count). The van der Waals surface area contributed by atoms with Crippen molar-refractivity contribution in [2.75, 3.05) is 0 Å². The van der Waals surface area contributed by atoms with E-state index in [1.165, 1.54) is 61.7 Å². The number of hydrogen-bond donors (Lipinski definition) is 0. The topological polar surface area (TPSA) is 6.02 Å². The molecule has 3 aromatic carbocycles. The van der Waals surface area contributed by atoms with Crippen molar-refractivity contribution in [1.29, 1.82) is 0 Å². The molecule has 0 fully saturated rings. The zero-order valence-corrected chi connectivity index (χ0v) is 20.2. The normalized spacial score (nSPS) is 16.5. The van der Waals surface area contributed by atoms with Crippen LogP contribution in [0.25, 0.3) is 0 Å². The first-order valence-corrected chi connectivity index (χ1v) is 11.2. The molecule has 1 aliphatic rings. The van der Waals surface area contributed by atoms with E-state index in [1.54, 1.807) is 0 Å². The predicted octanol–water partition coefficient (Wildman–Crippen LogP) is 6.84. The van der Waals surface area contributed by atoms with Crippen LogP contribution in [0.3, 0.4) is 0 Å². The molecule has 0 spiro atoms. The van der Waals surface area contributed by atoms with Gasteiger partial charge in [-0.1, -0.05) is 29.3 Å². The highest BCUT2D eigenvalue weighted by Crippen LogP contribution is 2.35. The number of benzene rings is 3. The van der Waals surface area contributed by atoms with Crippen molar-refractivity contribution in [3.05, 3.63) is 93.5 Å². The lowest BCUT2D eigenvalue weighted by atomic mass is 10.0. The van der Waals surface area contributed by atoms with Crippen molar-refractivity contribution in [1.82, 2.24) is 0 Å². The maximum atomic E-state index is 2.55. The second kappa shape index (κ2) is 7.92. The molecule has 0 bridgehead atoms. The highest BCUT2D eigenvalue weighted by molar-refractivity contribution is 6.44. The Morgan fingerprint density at radius 2 is 1.00 bits per heavy atom. The molecular weight excluding hydrogens is 376 g/mol. The van der Waals surface area contributed by atoms with Gasteiger partial charge in [-0.3, -0.25) is 0 Å². The van der Waals surface area contributed by atoms with Crippen LogP contribution in [0.2, 0.25) is 0 Å². The van der Waals surface area contributed by atoms with Gasteiger partial charge < -0.3 is 0 Å². The van der Waals surface area contributed by atoms with Gasteiger partial charge in [0.25, 0.3) is 11.4 Å². The van der Waals surface area contributed by atoms with Crippen LogP contribution in [0.5, 0.6) is 0 Å². The lowest BCUT2D eigenvalue weighted by Crippen LogP contribution is -2.27. The third-order valence-electron chi connectivity index (χ3n) is 6.49. The van der Waals surface area contributed by atoms with Crippen LogP contribution >= 0.6 is 0 Å². The molecule has 0 aliphatic carbocycles. The van der Waals surface area contributed by atoms with Crippen molar-refractivity contribution >= 4 is 22.8 Å². The molecule has 0 amide bonds. The van der Waals surface area contributed by atoms with Crippen LogP contribution in [0, 0.1) is 41.5 Å². The maximum Gasteiger partial charge on any atom is 0.351 e. The van der Waals surface area contributed by atoms with Crippen LogP contribution < -0.4 is 0 Å². The van der Waals surface area contributed by atoms with E-state index in [-0.39, 0.29) is 6.17 Å². The Hall–Kier alpha value is -3.00. The van der Waals surface area contributed by atoms with Crippen molar-refractivity contribution in [2.24, 2.45) is 0 Å². The lowest BCUT2D eigenvalue weighted by Gasteiger charge is -2.13. The van der Waals surface area contributed by atoms with Crippen LogP contribution in [-0.4, -0.2) is 26.7 Å². The molecule has 2 heteroatoms. The Labute approximate surface area is 187 Å². The van der Waals surface area contributed by atoms with E-state index in [9.17, 15) is 0 Å². The summed E-state index contributed by atoms with van der Waals surface area (Å²) in [5.74, 6) is 0. The molecule has 0 aromatic heterocycles. The highest BCUT2D eigenvalue weighted by Gasteiger charge is 2.47. The average Bonchev–Trinajstić information content (AvgIpc) is 2.92. The molecule has 1 aliphatic heterocycles. The molecule has 0 N–H and O–H groups in total. The van der Waals surface area contributed by atoms with Gasteiger partial charge in [0.05, 0.1) is 12.5 Å². The van der Waals surface area contributed by atoms with Gasteiger partial charge in [0.15, 0.2) is 0 Å². The minimum Gasteiger partial charge on any atom is -0.128 e. The predicted molar refractivity (Wildman–Crippen MR) is 132 cm³/mol. The van der Waals surface area contributed by atoms with E-state index in [2.05, 4.69) is 119 Å². The number of hydrogen-bond acceptors (Lipinski definition) is 0. The van der Waals surface area contributed by atoms with Crippen LogP contribution in [0.15, 0.2) is 54.6 Å². The fourth-order valence-electron chi connectivity index (χ4n) is 5.57. The molecule has 3 aromatic rings. The number of rotatable bonds is 3. The Morgan fingerprint density at radius 1 is 0.581 bits per heavy atom. The second-order valence-corrected chi connectivity index (χ2v) is 9.17. The summed E-state index contributed by atoms with van der Waals surface area (Å²) in [5.41, 5.74) is 14.4. The highest BCUT2D eigenvalue weighted by atomic mass is 15.3. The fraction of sp³-hybridized carbons (Fsp3) is 0.310. The quantitative estimate of drug-likeness (QED) is 0.417. The summed E-state index contributed by atoms with van der Waals surface area (Å²) in [6, 6.07) is 20.0. The van der Waals surface area contributed by atoms with Crippen LogP contribution in [-0.2, 0) is 0 Å². The summed E-state index contributed by atoms with van der Waals surface area (Å²) in [5, 5.41) is 0. The van der Waals surface area contributed by atoms with E-state index < -0.39 is 0 Å². The monoisotopic (exact) mass is 410 g/mol. The molecule has 31 heavy (non-hydrogen) atoms. The van der Waals surface area contributed by atoms with Gasteiger partial charge in [0.2, 0.25) is 11.4 Å². The molecule has 2 nitrogen and oxygen atoms in total. The first kappa shape index (κ1) is 21.2. The standard InChI is InChI=1S/C29H34N2/c1-18-14-20(3)27(21(4)15-18)30-24(7)29(26-12-10-9-11-13-26)31(25(30)8)28-22(5)16-19(2)17-23(28)6/h9-17,25H,1-8H3/q+2. The van der Waals surface area contributed by atoms with E-state index in [0.29, 0.717) is 0 Å². The molecule has 0 saturated carbocycles. The SMILES string of the molecule is CC1=[N+](c2c(C)cc(C)cc2C)C(C)[N+](c2c(C)cc(C)cc2C)=C1c1ccccc1. The van der Waals surface area contributed by atoms with Crippen molar-refractivity contribution in [2.45, 2.75) is 61.6 Å². The summed E-state index contributed by atoms with van der Waals surface area (Å²) >= 11 is 0. The number of nitrogens with zero attached hydrogens (tertiary/aromatic N) is 2. The molecule has 158 valence electrons. The van der Waals surface area contributed by atoms with Crippen molar-refractivity contribution < 1.29 is 9.15 Å². The van der Waals surface area contributed by atoms with E-state index in [1.807, 2.05) is 0 Å². The zero-order chi connectivity index (χ0) is 22.4. The Kier molecular flexibility index (Phi) is 5.43. The van der Waals surface area contributed by atoms with Gasteiger partial charge in [0, 0.05) is 29.2 Å². The fourth-order valence-corrected chi connectivity index (χ4v) is 5.57. The maximum absolute atomic E-state index is 2.55. The van der Waals surface area contributed by atoms with E-state index in [4.69, 9.17) is 0 Å². The van der Waals surface area contributed by atoms with Gasteiger partial charge >= 0.3 is 6.17 Å². The smallest absolute Gasteiger partial charge is 0.128 e. The van der Waals surface area contributed by atoms with Crippen LogP contribution in [0.4, 0.5) is 11.4 Å². The molecular formula is C29H34N2+2. The zero-order valence-electron chi connectivity index (χ0n) is 20.2. The average molecular weight is 411 g/mol. The molecule has 0 radical (unpaired) electrons. The third kappa shape index (κ3) is 3.54. The first-order valence-electron chi connectivity index (χ1n) is 11.2. The van der Waals surface area contributed by atoms with Gasteiger partial charge in [-0.15, -0.1) is 9.15 Å². The molecule has 1 atom stereocenters. The van der Waals surface area contributed by atoms with Gasteiger partial charge in [0.1, 0.15) is 0 Å². The minimum atomic E-state index is 0.176. The van der Waals surface area contributed by atoms with Crippen molar-refractivity contribution in [3.63, 3.8) is 0 Å². The third-order valence-corrected chi connectivity index (χ3v) is 6.49. The largest absolute Gasteiger partial charge is 0.351 e. The number of aryl methyl sites for hydroxylation is 6. The molecule has 0 saturated heterocycles. The van der Waals surface area contributed by atoms with Crippen molar-refractivity contribution in [3.8, 4) is 0 Å². The Morgan fingerprint density at radius 3 is 1.45 bits per heavy atom. The summed E-state index contributed by atoms with van der Waals surface area (Å²) in [6.07, 6.45) is 0.176. The van der Waals surface area contributed by atoms with E-state index in [0.717, 1.165) is 0 Å².